The van der Waals surface area contributed by atoms with Gasteiger partial charge in [0, 0.05) is 36.8 Å². The second-order valence-electron chi connectivity index (χ2n) is 10.5. The smallest absolute Gasteiger partial charge is 0.550 e. The third-order valence-corrected chi connectivity index (χ3v) is 8.40. The van der Waals surface area contributed by atoms with Gasteiger partial charge in [-0.3, -0.25) is 0 Å². The molecule has 0 atom stereocenters. The van der Waals surface area contributed by atoms with E-state index in [0.29, 0.717) is 41.4 Å². The number of carbonyl (C=O) groups excluding carboxylic acids is 1. The van der Waals surface area contributed by atoms with Crippen molar-refractivity contribution in [3.63, 3.8) is 0 Å². The number of hydrogen-bond donors (Lipinski definition) is 0. The summed E-state index contributed by atoms with van der Waals surface area (Å²) in [6, 6.07) is 23.0. The summed E-state index contributed by atoms with van der Waals surface area (Å²) < 4.78 is 46.6. The first-order valence-electron chi connectivity index (χ1n) is 13.6. The maximum Gasteiger partial charge on any atom is 1.00 e. The van der Waals surface area contributed by atoms with Gasteiger partial charge in [-0.25, -0.2) is 8.78 Å². The van der Waals surface area contributed by atoms with Crippen LogP contribution in [-0.2, 0) is 18.3 Å². The largest absolute Gasteiger partial charge is 1.00 e. The van der Waals surface area contributed by atoms with Crippen molar-refractivity contribution in [2.24, 2.45) is 0 Å². The van der Waals surface area contributed by atoms with Crippen molar-refractivity contribution >= 4 is 59.6 Å². The SMILES string of the molecule is C.CC(=O)[O-].Cc1ccc2c(c1)OCn1c-2c(F)c2cc(C)ccc21.Fc1c2n(c3ccc(Br)cc13)COc1cc(Br)ccc1-2.[K+]. The Kier molecular flexibility index (Phi) is 11.6. The van der Waals surface area contributed by atoms with E-state index in [9.17, 15) is 8.78 Å². The van der Waals surface area contributed by atoms with Crippen LogP contribution in [0.3, 0.4) is 0 Å². The Morgan fingerprint density at radius 2 is 1.13 bits per heavy atom. The van der Waals surface area contributed by atoms with Gasteiger partial charge >= 0.3 is 51.4 Å². The molecule has 6 aromatic rings. The number of nitrogens with zero attached hydrogens (tertiary/aromatic N) is 2. The van der Waals surface area contributed by atoms with E-state index in [2.05, 4.69) is 31.9 Å². The number of ether oxygens (including phenoxy) is 2. The van der Waals surface area contributed by atoms with Crippen molar-refractivity contribution in [2.45, 2.75) is 41.7 Å². The molecule has 46 heavy (non-hydrogen) atoms. The van der Waals surface area contributed by atoms with Crippen LogP contribution in [0.25, 0.3) is 44.3 Å². The molecule has 0 saturated carbocycles. The number of rotatable bonds is 0. The summed E-state index contributed by atoms with van der Waals surface area (Å²) in [5.74, 6) is 0.0221. The second-order valence-corrected chi connectivity index (χ2v) is 12.4. The Morgan fingerprint density at radius 3 is 1.72 bits per heavy atom. The quantitative estimate of drug-likeness (QED) is 0.174. The molecule has 0 aliphatic carbocycles. The number of halogens is 4. The molecule has 0 unspecified atom stereocenters. The summed E-state index contributed by atoms with van der Waals surface area (Å²) in [5.41, 5.74) is 6.73. The third kappa shape index (κ3) is 6.87. The molecule has 8 rings (SSSR count). The Hall–Kier alpha value is -2.51. The van der Waals surface area contributed by atoms with Gasteiger partial charge in [0.15, 0.2) is 25.1 Å². The predicted octanol–water partition coefficient (Wildman–Crippen LogP) is 6.13. The van der Waals surface area contributed by atoms with Crippen LogP contribution < -0.4 is 66.0 Å². The summed E-state index contributed by atoms with van der Waals surface area (Å²) in [4.78, 5) is 8.89. The van der Waals surface area contributed by atoms with Gasteiger partial charge in [0.2, 0.25) is 0 Å². The van der Waals surface area contributed by atoms with Crippen LogP contribution in [0, 0.1) is 25.5 Å². The van der Waals surface area contributed by atoms with Crippen molar-refractivity contribution in [3.05, 3.63) is 105 Å². The summed E-state index contributed by atoms with van der Waals surface area (Å²) in [7, 11) is 0. The molecule has 2 aliphatic rings. The Bertz CT molecular complexity index is 1960. The number of aryl methyl sites for hydroxylation is 2. The van der Waals surface area contributed by atoms with Crippen LogP contribution >= 0.6 is 31.9 Å². The molecule has 11 heteroatoms. The normalized spacial score (nSPS) is 11.8. The molecule has 0 saturated heterocycles. The maximum atomic E-state index is 14.8. The third-order valence-electron chi connectivity index (χ3n) is 7.41. The van der Waals surface area contributed by atoms with Crippen LogP contribution in [0.1, 0.15) is 25.5 Å². The number of benzene rings is 4. The van der Waals surface area contributed by atoms with Crippen molar-refractivity contribution < 1.29 is 79.5 Å². The minimum atomic E-state index is -1.08. The van der Waals surface area contributed by atoms with Gasteiger partial charge in [0.1, 0.15) is 11.5 Å². The summed E-state index contributed by atoms with van der Waals surface area (Å²) in [6.07, 6.45) is 0. The van der Waals surface area contributed by atoms with Crippen molar-refractivity contribution in [1.82, 2.24) is 9.13 Å². The molecule has 2 aromatic heterocycles. The predicted molar refractivity (Wildman–Crippen MR) is 178 cm³/mol. The van der Waals surface area contributed by atoms with Crippen molar-refractivity contribution in [1.29, 1.82) is 0 Å². The maximum absolute atomic E-state index is 14.8. The van der Waals surface area contributed by atoms with Crippen LogP contribution in [0.4, 0.5) is 8.78 Å². The van der Waals surface area contributed by atoms with Gasteiger partial charge in [-0.15, -0.1) is 0 Å². The van der Waals surface area contributed by atoms with Gasteiger partial charge < -0.3 is 28.5 Å². The van der Waals surface area contributed by atoms with E-state index in [4.69, 9.17) is 19.4 Å². The molecule has 232 valence electrons. The van der Waals surface area contributed by atoms with Crippen LogP contribution in [-0.4, -0.2) is 15.1 Å². The Labute approximate surface area is 325 Å². The zero-order valence-electron chi connectivity index (χ0n) is 24.9. The fourth-order valence-electron chi connectivity index (χ4n) is 5.53. The molecular formula is C35H29Br2F2KN2O4. The zero-order chi connectivity index (χ0) is 31.3. The second kappa shape index (κ2) is 14.7. The molecule has 6 nitrogen and oxygen atoms in total. The van der Waals surface area contributed by atoms with Gasteiger partial charge in [0.05, 0.1) is 22.4 Å². The van der Waals surface area contributed by atoms with E-state index in [0.717, 1.165) is 54.9 Å². The van der Waals surface area contributed by atoms with Gasteiger partial charge in [0.25, 0.3) is 0 Å². The minimum Gasteiger partial charge on any atom is -0.550 e. The average Bonchev–Trinajstić information content (AvgIpc) is 3.43. The van der Waals surface area contributed by atoms with Crippen molar-refractivity contribution in [2.75, 3.05) is 0 Å². The molecule has 0 N–H and O–H groups in total. The average molecular weight is 779 g/mol. The van der Waals surface area contributed by atoms with E-state index in [1.807, 2.05) is 89.7 Å². The van der Waals surface area contributed by atoms with Crippen LogP contribution in [0.15, 0.2) is 81.7 Å². The molecule has 4 aromatic carbocycles. The summed E-state index contributed by atoms with van der Waals surface area (Å²) >= 11 is 6.79. The van der Waals surface area contributed by atoms with Crippen molar-refractivity contribution in [3.8, 4) is 34.0 Å². The number of carboxylic acids is 1. The number of aliphatic carboxylic acids is 1. The molecular weight excluding hydrogens is 749 g/mol. The Balaban J connectivity index is 0.000000180. The number of carboxylic acid groups (broad SMARTS) is 1. The molecule has 0 radical (unpaired) electrons. The number of fused-ring (bicyclic) bond motifs is 10. The fourth-order valence-corrected chi connectivity index (χ4v) is 6.23. The summed E-state index contributed by atoms with van der Waals surface area (Å²) in [6.45, 7) is 5.63. The van der Waals surface area contributed by atoms with E-state index in [1.54, 1.807) is 6.07 Å². The summed E-state index contributed by atoms with van der Waals surface area (Å²) in [5, 5.41) is 10.2. The first-order valence-corrected chi connectivity index (χ1v) is 15.2. The molecule has 2 aliphatic heterocycles. The minimum absolute atomic E-state index is 0. The standard InChI is InChI=1S/C17H14FNO.C15H8Br2FNO.C2H4O2.CH4.K/c1-10-4-6-14-13(7-10)16(18)17-12-5-3-11(2)8-15(12)20-9-19(14)17;16-8-2-4-12-11(5-8)14(18)15-10-3-1-9(17)6-13(10)20-7-19(12)15;1-2(3)4;;/h3-8H,9H2,1-2H3;1-6H,7H2;1H3,(H,3,4);1H4;/q;;;;+1/p-1. The molecule has 0 amide bonds. The van der Waals surface area contributed by atoms with Gasteiger partial charge in [-0.1, -0.05) is 57.0 Å². The van der Waals surface area contributed by atoms with Gasteiger partial charge in [-0.05, 0) is 87.0 Å². The molecule has 4 heterocycles. The monoisotopic (exact) mass is 776 g/mol. The first kappa shape index (κ1) is 36.3. The number of carbonyl (C=O) groups is 1. The van der Waals surface area contributed by atoms with Gasteiger partial charge in [-0.2, -0.15) is 0 Å². The van der Waals surface area contributed by atoms with E-state index < -0.39 is 5.97 Å². The van der Waals surface area contributed by atoms with E-state index in [1.165, 1.54) is 0 Å². The molecule has 0 spiro atoms. The Morgan fingerprint density at radius 1 is 0.717 bits per heavy atom. The van der Waals surface area contributed by atoms with E-state index >= 15 is 0 Å². The number of aromatic nitrogens is 2. The topological polar surface area (TPSA) is 68.5 Å². The molecule has 0 bridgehead atoms. The van der Waals surface area contributed by atoms with Crippen LogP contribution in [0.5, 0.6) is 11.5 Å². The van der Waals surface area contributed by atoms with E-state index in [-0.39, 0.29) is 70.4 Å². The fraction of sp³-hybridized carbons (Fsp3) is 0.171. The first-order chi connectivity index (χ1) is 21.0. The molecule has 0 fully saturated rings. The van der Waals surface area contributed by atoms with Crippen LogP contribution in [0.2, 0.25) is 0 Å². The zero-order valence-corrected chi connectivity index (χ0v) is 31.2. The number of hydrogen-bond acceptors (Lipinski definition) is 4.